The molecule has 0 radical (unpaired) electrons. The lowest BCUT2D eigenvalue weighted by Gasteiger charge is -2.37. The summed E-state index contributed by atoms with van der Waals surface area (Å²) in [5, 5.41) is 11.2. The van der Waals surface area contributed by atoms with Crippen molar-refractivity contribution in [2.24, 2.45) is 0 Å². The summed E-state index contributed by atoms with van der Waals surface area (Å²) >= 11 is 6.17. The van der Waals surface area contributed by atoms with E-state index in [0.717, 1.165) is 31.2 Å². The molecule has 0 bridgehead atoms. The highest BCUT2D eigenvalue weighted by molar-refractivity contribution is 6.30. The van der Waals surface area contributed by atoms with Crippen LogP contribution in [0.3, 0.4) is 0 Å². The number of piperazine rings is 1. The molecule has 0 aromatic heterocycles. The molecule has 4 rings (SSSR count). The van der Waals surface area contributed by atoms with E-state index in [2.05, 4.69) is 22.8 Å². The molecule has 6 heteroatoms. The molecule has 1 fully saturated rings. The van der Waals surface area contributed by atoms with Crippen LogP contribution in [0.15, 0.2) is 72.8 Å². The van der Waals surface area contributed by atoms with Gasteiger partial charge in [-0.1, -0.05) is 48.0 Å². The summed E-state index contributed by atoms with van der Waals surface area (Å²) in [4.78, 5) is 17.1. The molecule has 3 aromatic rings. The predicted octanol–water partition coefficient (Wildman–Crippen LogP) is 4.44. The first-order chi connectivity index (χ1) is 16.0. The summed E-state index contributed by atoms with van der Waals surface area (Å²) < 4.78 is 5.76. The maximum Gasteiger partial charge on any atom is 0.193 e. The number of hydrogen-bond donors (Lipinski definition) is 1. The van der Waals surface area contributed by atoms with Gasteiger partial charge in [0.2, 0.25) is 0 Å². The van der Waals surface area contributed by atoms with Crippen LogP contribution in [0, 0.1) is 6.92 Å². The largest absolute Gasteiger partial charge is 0.491 e. The molecule has 0 spiro atoms. The molecule has 1 aliphatic rings. The van der Waals surface area contributed by atoms with Crippen LogP contribution in [0.2, 0.25) is 5.02 Å². The molecule has 1 heterocycles. The first-order valence-electron chi connectivity index (χ1n) is 11.2. The van der Waals surface area contributed by atoms with Gasteiger partial charge in [-0.05, 0) is 48.9 Å². The Hall–Kier alpha value is -2.86. The van der Waals surface area contributed by atoms with Crippen LogP contribution >= 0.6 is 11.6 Å². The average molecular weight is 465 g/mol. The molecule has 1 saturated heterocycles. The number of nitrogens with zero attached hydrogens (tertiary/aromatic N) is 2. The number of aliphatic hydroxyl groups excluding tert-OH is 1. The first kappa shape index (κ1) is 23.3. The van der Waals surface area contributed by atoms with E-state index in [1.807, 2.05) is 30.3 Å². The third-order valence-corrected chi connectivity index (χ3v) is 6.18. The SMILES string of the molecule is Cc1ccc(Cl)cc1N1CCN(CC(O)COc2ccc(C(=O)c3ccccc3)cc2)CC1. The number of benzene rings is 3. The van der Waals surface area contributed by atoms with E-state index in [1.54, 1.807) is 36.4 Å². The number of β-amino-alcohol motifs (C(OH)–C–C–N with tert-alkyl or cyclic N) is 1. The van der Waals surface area contributed by atoms with Gasteiger partial charge in [0.25, 0.3) is 0 Å². The zero-order valence-corrected chi connectivity index (χ0v) is 19.5. The molecule has 0 amide bonds. The van der Waals surface area contributed by atoms with E-state index >= 15 is 0 Å². The van der Waals surface area contributed by atoms with Crippen molar-refractivity contribution in [1.29, 1.82) is 0 Å². The van der Waals surface area contributed by atoms with E-state index in [0.29, 0.717) is 23.4 Å². The molecule has 1 unspecified atom stereocenters. The van der Waals surface area contributed by atoms with Gasteiger partial charge in [-0.25, -0.2) is 0 Å². The van der Waals surface area contributed by atoms with Gasteiger partial charge in [0, 0.05) is 54.6 Å². The molecule has 0 aliphatic carbocycles. The third-order valence-electron chi connectivity index (χ3n) is 5.95. The van der Waals surface area contributed by atoms with Crippen LogP contribution in [0.1, 0.15) is 21.5 Å². The van der Waals surface area contributed by atoms with E-state index in [4.69, 9.17) is 16.3 Å². The standard InChI is InChI=1S/C27H29ClN2O3/c1-20-7-10-23(28)17-26(20)30-15-13-29(14-16-30)18-24(31)19-33-25-11-8-22(9-12-25)27(32)21-5-3-2-4-6-21/h2-12,17,24,31H,13-16,18-19H2,1H3. The van der Waals surface area contributed by atoms with E-state index in [-0.39, 0.29) is 12.4 Å². The number of ether oxygens (including phenoxy) is 1. The third kappa shape index (κ3) is 6.14. The number of carbonyl (C=O) groups excluding carboxylic acids is 1. The second kappa shape index (κ2) is 10.8. The zero-order valence-electron chi connectivity index (χ0n) is 18.8. The number of aliphatic hydroxyl groups is 1. The number of carbonyl (C=O) groups is 1. The summed E-state index contributed by atoms with van der Waals surface area (Å²) in [7, 11) is 0. The first-order valence-corrected chi connectivity index (χ1v) is 11.6. The number of ketones is 1. The van der Waals surface area contributed by atoms with Gasteiger partial charge in [-0.15, -0.1) is 0 Å². The number of hydrogen-bond acceptors (Lipinski definition) is 5. The summed E-state index contributed by atoms with van der Waals surface area (Å²) in [6.45, 7) is 6.41. The van der Waals surface area contributed by atoms with Gasteiger partial charge < -0.3 is 14.7 Å². The van der Waals surface area contributed by atoms with Crippen molar-refractivity contribution < 1.29 is 14.6 Å². The Bertz CT molecular complexity index is 1060. The molecular formula is C27H29ClN2O3. The second-order valence-electron chi connectivity index (χ2n) is 8.40. The minimum absolute atomic E-state index is 0.0192. The smallest absolute Gasteiger partial charge is 0.193 e. The minimum Gasteiger partial charge on any atom is -0.491 e. The summed E-state index contributed by atoms with van der Waals surface area (Å²) in [6.07, 6.45) is -0.588. The quantitative estimate of drug-likeness (QED) is 0.499. The summed E-state index contributed by atoms with van der Waals surface area (Å²) in [5.41, 5.74) is 3.67. The average Bonchev–Trinajstić information content (AvgIpc) is 2.85. The topological polar surface area (TPSA) is 53.0 Å². The molecule has 33 heavy (non-hydrogen) atoms. The van der Waals surface area contributed by atoms with Gasteiger partial charge in [-0.3, -0.25) is 9.69 Å². The molecule has 5 nitrogen and oxygen atoms in total. The van der Waals surface area contributed by atoms with Crippen molar-refractivity contribution in [1.82, 2.24) is 4.90 Å². The number of aryl methyl sites for hydroxylation is 1. The van der Waals surface area contributed by atoms with Gasteiger partial charge in [0.05, 0.1) is 0 Å². The zero-order chi connectivity index (χ0) is 23.2. The van der Waals surface area contributed by atoms with Crippen molar-refractivity contribution in [2.75, 3.05) is 44.2 Å². The van der Waals surface area contributed by atoms with Crippen LogP contribution in [0.25, 0.3) is 0 Å². The molecular weight excluding hydrogens is 436 g/mol. The Morgan fingerprint density at radius 2 is 1.64 bits per heavy atom. The number of rotatable bonds is 8. The van der Waals surface area contributed by atoms with Crippen LogP contribution in [-0.2, 0) is 0 Å². The maximum absolute atomic E-state index is 12.5. The Morgan fingerprint density at radius 1 is 0.970 bits per heavy atom. The van der Waals surface area contributed by atoms with E-state index in [9.17, 15) is 9.90 Å². The van der Waals surface area contributed by atoms with E-state index in [1.165, 1.54) is 11.3 Å². The van der Waals surface area contributed by atoms with Crippen molar-refractivity contribution in [3.8, 4) is 5.75 Å². The predicted molar refractivity (Wildman–Crippen MR) is 133 cm³/mol. The number of anilines is 1. The highest BCUT2D eigenvalue weighted by atomic mass is 35.5. The molecule has 1 aliphatic heterocycles. The molecule has 172 valence electrons. The van der Waals surface area contributed by atoms with Crippen LogP contribution in [0.4, 0.5) is 5.69 Å². The lowest BCUT2D eigenvalue weighted by Crippen LogP contribution is -2.49. The summed E-state index contributed by atoms with van der Waals surface area (Å²) in [5.74, 6) is 0.620. The maximum atomic E-state index is 12.5. The van der Waals surface area contributed by atoms with Crippen molar-refractivity contribution in [3.05, 3.63) is 94.5 Å². The fourth-order valence-electron chi connectivity index (χ4n) is 4.10. The fraction of sp³-hybridized carbons (Fsp3) is 0.296. The Kier molecular flexibility index (Phi) is 7.65. The normalized spacial score (nSPS) is 15.3. The highest BCUT2D eigenvalue weighted by Gasteiger charge is 2.21. The van der Waals surface area contributed by atoms with Gasteiger partial charge in [0.15, 0.2) is 5.78 Å². The van der Waals surface area contributed by atoms with Crippen LogP contribution in [-0.4, -0.2) is 61.2 Å². The lowest BCUT2D eigenvalue weighted by atomic mass is 10.0. The molecule has 1 N–H and O–H groups in total. The number of halogens is 1. The summed E-state index contributed by atoms with van der Waals surface area (Å²) in [6, 6.07) is 22.3. The fourth-order valence-corrected chi connectivity index (χ4v) is 4.26. The Morgan fingerprint density at radius 3 is 2.33 bits per heavy atom. The van der Waals surface area contributed by atoms with Crippen molar-refractivity contribution in [2.45, 2.75) is 13.0 Å². The lowest BCUT2D eigenvalue weighted by molar-refractivity contribution is 0.0663. The van der Waals surface area contributed by atoms with Crippen molar-refractivity contribution >= 4 is 23.1 Å². The monoisotopic (exact) mass is 464 g/mol. The van der Waals surface area contributed by atoms with Gasteiger partial charge in [-0.2, -0.15) is 0 Å². The second-order valence-corrected chi connectivity index (χ2v) is 8.84. The highest BCUT2D eigenvalue weighted by Crippen LogP contribution is 2.25. The van der Waals surface area contributed by atoms with Gasteiger partial charge >= 0.3 is 0 Å². The molecule has 0 saturated carbocycles. The minimum atomic E-state index is -0.588. The molecule has 1 atom stereocenters. The van der Waals surface area contributed by atoms with Gasteiger partial charge in [0.1, 0.15) is 18.5 Å². The Balaban J connectivity index is 1.22. The van der Waals surface area contributed by atoms with E-state index < -0.39 is 6.10 Å². The van der Waals surface area contributed by atoms with Crippen LogP contribution < -0.4 is 9.64 Å². The molecule has 3 aromatic carbocycles. The van der Waals surface area contributed by atoms with Crippen LogP contribution in [0.5, 0.6) is 5.75 Å². The van der Waals surface area contributed by atoms with Crippen molar-refractivity contribution in [3.63, 3.8) is 0 Å². The Labute approximate surface area is 200 Å².